The average molecular weight is 373 g/mol. The number of nitriles is 1. The molecule has 1 aliphatic heterocycles. The van der Waals surface area contributed by atoms with Crippen LogP contribution in [-0.4, -0.2) is 59.7 Å². The largest absolute Gasteiger partial charge is 0.481 e. The van der Waals surface area contributed by atoms with Gasteiger partial charge in [-0.2, -0.15) is 10.2 Å². The Bertz CT molecular complexity index is 831. The van der Waals surface area contributed by atoms with E-state index >= 15 is 0 Å². The topological polar surface area (TPSA) is 136 Å². The molecule has 1 aliphatic rings. The molecule has 142 valence electrons. The van der Waals surface area contributed by atoms with Crippen molar-refractivity contribution in [1.29, 1.82) is 5.26 Å². The third-order valence-electron chi connectivity index (χ3n) is 4.14. The first-order valence-corrected chi connectivity index (χ1v) is 8.53. The molecule has 0 aliphatic carbocycles. The number of urea groups is 1. The number of piperazine rings is 1. The fraction of sp³-hybridized carbons (Fsp3) is 0.412. The van der Waals surface area contributed by atoms with Gasteiger partial charge in [-0.25, -0.2) is 4.79 Å². The van der Waals surface area contributed by atoms with Gasteiger partial charge in [0.15, 0.2) is 5.76 Å². The summed E-state index contributed by atoms with van der Waals surface area (Å²) in [6, 6.07) is 5.20. The number of aliphatic carboxylic acids is 1. The summed E-state index contributed by atoms with van der Waals surface area (Å²) in [4.78, 5) is 30.3. The molecule has 2 N–H and O–H groups in total. The SMILES string of the molecule is N#Cc1nc(-c2ccco2)oc1N1CCN(C(=O)NCCCC(=O)O)CC1. The first kappa shape index (κ1) is 18.3. The Kier molecular flexibility index (Phi) is 5.61. The number of carbonyl (C=O) groups excluding carboxylic acids is 1. The van der Waals surface area contributed by atoms with E-state index in [0.717, 1.165) is 0 Å². The van der Waals surface area contributed by atoms with E-state index in [0.29, 0.717) is 50.8 Å². The minimum atomic E-state index is -0.882. The molecule has 2 aromatic rings. The molecule has 0 bridgehead atoms. The molecule has 3 rings (SSSR count). The van der Waals surface area contributed by atoms with Crippen molar-refractivity contribution >= 4 is 17.9 Å². The summed E-state index contributed by atoms with van der Waals surface area (Å²) in [6.07, 6.45) is 1.91. The molecular formula is C17H19N5O5. The molecule has 0 radical (unpaired) electrons. The van der Waals surface area contributed by atoms with Crippen LogP contribution in [0.25, 0.3) is 11.7 Å². The standard InChI is InChI=1S/C17H19N5O5/c18-11-12-16(27-15(20-12)13-3-2-10-26-13)21-6-8-22(9-7-21)17(25)19-5-1-4-14(23)24/h2-3,10H,1,4-9H2,(H,19,25)(H,23,24). The van der Waals surface area contributed by atoms with Crippen molar-refractivity contribution in [1.82, 2.24) is 15.2 Å². The van der Waals surface area contributed by atoms with Crippen LogP contribution in [0, 0.1) is 11.3 Å². The fourth-order valence-electron chi connectivity index (χ4n) is 2.76. The third kappa shape index (κ3) is 4.38. The molecule has 0 aromatic carbocycles. The highest BCUT2D eigenvalue weighted by molar-refractivity contribution is 5.74. The highest BCUT2D eigenvalue weighted by atomic mass is 16.4. The summed E-state index contributed by atoms with van der Waals surface area (Å²) in [5.41, 5.74) is 0.174. The number of hydrogen-bond acceptors (Lipinski definition) is 7. The van der Waals surface area contributed by atoms with Crippen molar-refractivity contribution in [3.05, 3.63) is 24.1 Å². The molecule has 0 unspecified atom stereocenters. The van der Waals surface area contributed by atoms with Crippen LogP contribution in [0.15, 0.2) is 27.2 Å². The minimum Gasteiger partial charge on any atom is -0.481 e. The second-order valence-corrected chi connectivity index (χ2v) is 5.97. The van der Waals surface area contributed by atoms with Crippen LogP contribution < -0.4 is 10.2 Å². The maximum atomic E-state index is 12.1. The number of hydrogen-bond donors (Lipinski definition) is 2. The lowest BCUT2D eigenvalue weighted by Crippen LogP contribution is -2.52. The van der Waals surface area contributed by atoms with Crippen molar-refractivity contribution in [3.63, 3.8) is 0 Å². The maximum Gasteiger partial charge on any atom is 0.317 e. The van der Waals surface area contributed by atoms with Crippen molar-refractivity contribution < 1.29 is 23.5 Å². The van der Waals surface area contributed by atoms with Gasteiger partial charge in [-0.05, 0) is 18.6 Å². The zero-order valence-electron chi connectivity index (χ0n) is 14.6. The lowest BCUT2D eigenvalue weighted by atomic mass is 10.3. The van der Waals surface area contributed by atoms with Crippen molar-refractivity contribution in [3.8, 4) is 17.7 Å². The highest BCUT2D eigenvalue weighted by Crippen LogP contribution is 2.29. The van der Waals surface area contributed by atoms with E-state index in [9.17, 15) is 14.9 Å². The number of amides is 2. The van der Waals surface area contributed by atoms with Crippen molar-refractivity contribution in [2.75, 3.05) is 37.6 Å². The van der Waals surface area contributed by atoms with Gasteiger partial charge in [-0.3, -0.25) is 4.79 Å². The van der Waals surface area contributed by atoms with Crippen LogP contribution in [0.2, 0.25) is 0 Å². The highest BCUT2D eigenvalue weighted by Gasteiger charge is 2.27. The monoisotopic (exact) mass is 373 g/mol. The van der Waals surface area contributed by atoms with E-state index < -0.39 is 5.97 Å². The summed E-state index contributed by atoms with van der Waals surface area (Å²) in [5.74, 6) is 0.167. The molecule has 27 heavy (non-hydrogen) atoms. The van der Waals surface area contributed by atoms with Gasteiger partial charge in [0, 0.05) is 39.1 Å². The van der Waals surface area contributed by atoms with Gasteiger partial charge in [0.25, 0.3) is 5.89 Å². The Morgan fingerprint density at radius 3 is 2.74 bits per heavy atom. The molecule has 0 spiro atoms. The van der Waals surface area contributed by atoms with E-state index in [1.807, 2.05) is 11.0 Å². The van der Waals surface area contributed by atoms with Gasteiger partial charge in [0.2, 0.25) is 11.6 Å². The minimum absolute atomic E-state index is 0.0223. The summed E-state index contributed by atoms with van der Waals surface area (Å²) >= 11 is 0. The van der Waals surface area contributed by atoms with Gasteiger partial charge >= 0.3 is 12.0 Å². The number of nitrogens with zero attached hydrogens (tertiary/aromatic N) is 4. The molecule has 2 amide bonds. The van der Waals surface area contributed by atoms with E-state index in [1.54, 1.807) is 17.0 Å². The predicted octanol–water partition coefficient (Wildman–Crippen LogP) is 1.50. The molecule has 1 fully saturated rings. The molecular weight excluding hydrogens is 354 g/mol. The lowest BCUT2D eigenvalue weighted by Gasteiger charge is -2.34. The second-order valence-electron chi connectivity index (χ2n) is 5.97. The van der Waals surface area contributed by atoms with Crippen molar-refractivity contribution in [2.45, 2.75) is 12.8 Å². The number of nitrogens with one attached hydrogen (secondary N) is 1. The van der Waals surface area contributed by atoms with Crippen LogP contribution in [0.3, 0.4) is 0 Å². The predicted molar refractivity (Wildman–Crippen MR) is 93.0 cm³/mol. The summed E-state index contributed by atoms with van der Waals surface area (Å²) < 4.78 is 11.0. The number of carboxylic acids is 1. The van der Waals surface area contributed by atoms with E-state index in [-0.39, 0.29) is 24.0 Å². The number of furan rings is 1. The van der Waals surface area contributed by atoms with Crippen LogP contribution in [-0.2, 0) is 4.79 Å². The van der Waals surface area contributed by atoms with Gasteiger partial charge in [-0.1, -0.05) is 0 Å². The third-order valence-corrected chi connectivity index (χ3v) is 4.14. The summed E-state index contributed by atoms with van der Waals surface area (Å²) in [5, 5.41) is 20.6. The number of carbonyl (C=O) groups is 2. The second kappa shape index (κ2) is 8.27. The molecule has 0 saturated carbocycles. The number of aromatic nitrogens is 1. The van der Waals surface area contributed by atoms with Crippen LogP contribution in [0.5, 0.6) is 0 Å². The normalized spacial score (nSPS) is 14.0. The Morgan fingerprint density at radius 2 is 2.11 bits per heavy atom. The lowest BCUT2D eigenvalue weighted by molar-refractivity contribution is -0.137. The Morgan fingerprint density at radius 1 is 1.33 bits per heavy atom. The smallest absolute Gasteiger partial charge is 0.317 e. The van der Waals surface area contributed by atoms with Crippen molar-refractivity contribution in [2.24, 2.45) is 0 Å². The average Bonchev–Trinajstić information content (AvgIpc) is 3.34. The number of rotatable bonds is 6. The molecule has 1 saturated heterocycles. The maximum absolute atomic E-state index is 12.1. The van der Waals surface area contributed by atoms with E-state index in [1.165, 1.54) is 6.26 Å². The molecule has 10 nitrogen and oxygen atoms in total. The van der Waals surface area contributed by atoms with Crippen LogP contribution in [0.1, 0.15) is 18.5 Å². The first-order chi connectivity index (χ1) is 13.1. The Labute approximate surface area is 155 Å². The zero-order chi connectivity index (χ0) is 19.2. The Hall–Kier alpha value is -3.48. The van der Waals surface area contributed by atoms with Crippen LogP contribution >= 0.6 is 0 Å². The number of carboxylic acid groups (broad SMARTS) is 1. The zero-order valence-corrected chi connectivity index (χ0v) is 14.6. The van der Waals surface area contributed by atoms with Gasteiger partial charge in [0.1, 0.15) is 6.07 Å². The van der Waals surface area contributed by atoms with E-state index in [4.69, 9.17) is 13.9 Å². The molecule has 2 aromatic heterocycles. The molecule has 0 atom stereocenters. The van der Waals surface area contributed by atoms with Gasteiger partial charge < -0.3 is 29.1 Å². The van der Waals surface area contributed by atoms with Gasteiger partial charge in [-0.15, -0.1) is 0 Å². The summed E-state index contributed by atoms with van der Waals surface area (Å²) in [7, 11) is 0. The van der Waals surface area contributed by atoms with E-state index in [2.05, 4.69) is 10.3 Å². The summed E-state index contributed by atoms with van der Waals surface area (Å²) in [6.45, 7) is 2.20. The van der Waals surface area contributed by atoms with Crippen LogP contribution in [0.4, 0.5) is 10.7 Å². The number of anilines is 1. The fourth-order valence-corrected chi connectivity index (χ4v) is 2.76. The first-order valence-electron chi connectivity index (χ1n) is 8.53. The van der Waals surface area contributed by atoms with Gasteiger partial charge in [0.05, 0.1) is 6.26 Å². The quantitative estimate of drug-likeness (QED) is 0.727. The Balaban J connectivity index is 1.55. The molecule has 10 heteroatoms. The number of oxazole rings is 1. The molecule has 3 heterocycles.